The highest BCUT2D eigenvalue weighted by atomic mass is 32.1. The van der Waals surface area contributed by atoms with Gasteiger partial charge in [0.15, 0.2) is 33.5 Å². The second kappa shape index (κ2) is 29.8. The summed E-state index contributed by atoms with van der Waals surface area (Å²) in [6, 6.07) is 144. The molecule has 14 nitrogen and oxygen atoms in total. The van der Waals surface area contributed by atoms with E-state index in [0.717, 1.165) is 293 Å². The molecule has 0 aliphatic carbocycles. The minimum absolute atomic E-state index is 0.765. The first-order valence-electron chi connectivity index (χ1n) is 47.0. The number of hydrogen-bond acceptors (Lipinski definition) is 15. The Labute approximate surface area is 800 Å². The molecule has 0 saturated carbocycles. The largest absolute Gasteiger partial charge is 0.456 e. The van der Waals surface area contributed by atoms with Crippen molar-refractivity contribution >= 4 is 324 Å². The Morgan fingerprint density at radius 3 is 0.716 bits per heavy atom. The van der Waals surface area contributed by atoms with Crippen molar-refractivity contribution in [2.24, 2.45) is 0 Å². The van der Waals surface area contributed by atoms with Crippen LogP contribution < -0.4 is 14.7 Å². The Morgan fingerprint density at radius 1 is 0.135 bits per heavy atom. The Hall–Kier alpha value is -19.0. The first kappa shape index (κ1) is 77.3. The summed E-state index contributed by atoms with van der Waals surface area (Å²) >= 11 is 1.82. The number of anilines is 9. The molecule has 0 amide bonds. The summed E-state index contributed by atoms with van der Waals surface area (Å²) in [5, 5.41) is 25.6. The average molecular weight is 1830 g/mol. The lowest BCUT2D eigenvalue weighted by Gasteiger charge is -2.26. The fourth-order valence-electron chi connectivity index (χ4n) is 22.2. The second-order valence-electron chi connectivity index (χ2n) is 36.1. The van der Waals surface area contributed by atoms with Crippen LogP contribution in [0.15, 0.2) is 467 Å². The number of hydrogen-bond donors (Lipinski definition) is 0. The van der Waals surface area contributed by atoms with Gasteiger partial charge in [0, 0.05) is 130 Å². The molecule has 0 atom stereocenters. The predicted molar refractivity (Wildman–Crippen MR) is 576 cm³/mol. The van der Waals surface area contributed by atoms with Crippen LogP contribution in [0.5, 0.6) is 0 Å². The molecule has 33 rings (SSSR count). The molecule has 21 aromatic carbocycles. The molecule has 12 aromatic heterocycles. The van der Waals surface area contributed by atoms with E-state index in [1.807, 2.05) is 163 Å². The van der Waals surface area contributed by atoms with Gasteiger partial charge < -0.3 is 58.4 Å². The lowest BCUT2D eigenvalue weighted by atomic mass is 10.1. The van der Waals surface area contributed by atoms with Crippen molar-refractivity contribution < 1.29 is 48.6 Å². The lowest BCUT2D eigenvalue weighted by molar-refractivity contribution is 0.661. The van der Waals surface area contributed by atoms with Crippen LogP contribution in [0.4, 0.5) is 51.2 Å². The molecule has 0 radical (unpaired) electrons. The van der Waals surface area contributed by atoms with Crippen LogP contribution in [0.1, 0.15) is 0 Å². The van der Waals surface area contributed by atoms with Gasteiger partial charge in [-0.3, -0.25) is 4.90 Å². The first-order chi connectivity index (χ1) is 69.9. The summed E-state index contributed by atoms with van der Waals surface area (Å²) < 4.78 is 74.7. The van der Waals surface area contributed by atoms with Crippen molar-refractivity contribution in [2.45, 2.75) is 0 Å². The third-order valence-electron chi connectivity index (χ3n) is 28.4. The van der Waals surface area contributed by atoms with E-state index in [0.29, 0.717) is 0 Å². The summed E-state index contributed by atoms with van der Waals surface area (Å²) in [7, 11) is 0. The molecule has 33 aromatic rings. The standard InChI is InChI=1S/2C42H23NO4.C42H23NO3S/c1-4-19-34-24(10-1)26-13-7-16-31(39(26)45-34)43(32-17-8-14-27-25-11-2-5-20-35(25)46-40(27)32)33-18-9-15-28-29-22-23-37-38(42(29)47-41(28)33)30-12-3-6-21-36(30)44-37;1-4-13-34-26(8-1)28-18-16-24(22-38(28)45-34)43(25-17-19-29-27-9-2-5-14-35(27)46-39(29)23-25)33-12-7-11-30-31-20-21-37-40(42(31)47-41(30)33)32-10-3-6-15-36(32)44-37;1-4-19-34-24(10-1)26-13-7-16-31(39(26)45-34)43(33-18-9-15-29-25-11-3-6-21-37(25)47-42(29)33)32-17-8-14-27-28-22-23-36-38(41(28)46-40(27)32)30-12-2-5-20-35(30)44-36/h3*1-23H. The molecule has 0 unspecified atom stereocenters. The molecule has 12 heterocycles. The van der Waals surface area contributed by atoms with Crippen molar-refractivity contribution in [1.29, 1.82) is 0 Å². The molecule has 0 bridgehead atoms. The van der Waals surface area contributed by atoms with Gasteiger partial charge in [-0.15, -0.1) is 11.3 Å². The summed E-state index contributed by atoms with van der Waals surface area (Å²) in [6.45, 7) is 0. The number of benzene rings is 21. The highest BCUT2D eigenvalue weighted by Gasteiger charge is 2.32. The zero-order chi connectivity index (χ0) is 91.9. The smallest absolute Gasteiger partial charge is 0.159 e. The van der Waals surface area contributed by atoms with Crippen LogP contribution in [0.3, 0.4) is 0 Å². The van der Waals surface area contributed by atoms with E-state index in [9.17, 15) is 0 Å². The van der Waals surface area contributed by atoms with Gasteiger partial charge in [0.1, 0.15) is 89.3 Å². The van der Waals surface area contributed by atoms with E-state index < -0.39 is 0 Å². The normalized spacial score (nSPS) is 12.3. The van der Waals surface area contributed by atoms with Crippen LogP contribution in [-0.4, -0.2) is 0 Å². The lowest BCUT2D eigenvalue weighted by Crippen LogP contribution is -2.10. The highest BCUT2D eigenvalue weighted by molar-refractivity contribution is 7.26. The summed E-state index contributed by atoms with van der Waals surface area (Å²) in [5.74, 6) is 0. The number of thiophene rings is 1. The van der Waals surface area contributed by atoms with Gasteiger partial charge in [-0.25, -0.2) is 0 Å². The first-order valence-corrected chi connectivity index (χ1v) is 47.8. The number of furan rings is 11. The summed E-state index contributed by atoms with van der Waals surface area (Å²) in [5.41, 5.74) is 26.5. The van der Waals surface area contributed by atoms with Crippen LogP contribution >= 0.6 is 11.3 Å². The quantitative estimate of drug-likeness (QED) is 0.135. The van der Waals surface area contributed by atoms with Crippen molar-refractivity contribution in [3.05, 3.63) is 419 Å². The molecule has 0 aliphatic rings. The minimum Gasteiger partial charge on any atom is -0.456 e. The fourth-order valence-corrected chi connectivity index (χ4v) is 23.4. The van der Waals surface area contributed by atoms with Gasteiger partial charge in [0.2, 0.25) is 0 Å². The molecule has 15 heteroatoms. The van der Waals surface area contributed by atoms with Gasteiger partial charge in [-0.2, -0.15) is 0 Å². The zero-order valence-electron chi connectivity index (χ0n) is 74.6. The Balaban J connectivity index is 0.0000000972. The molecule has 0 aliphatic heterocycles. The second-order valence-corrected chi connectivity index (χ2v) is 37.1. The monoisotopic (exact) mass is 1830 g/mol. The topological polar surface area (TPSA) is 154 Å². The third kappa shape index (κ3) is 11.4. The van der Waals surface area contributed by atoms with Gasteiger partial charge in [0.05, 0.1) is 72.0 Å². The van der Waals surface area contributed by atoms with E-state index in [-0.39, 0.29) is 0 Å². The van der Waals surface area contributed by atoms with Crippen LogP contribution in [0.25, 0.3) is 261 Å². The minimum atomic E-state index is 0.765. The van der Waals surface area contributed by atoms with Crippen molar-refractivity contribution in [3.63, 3.8) is 0 Å². The van der Waals surface area contributed by atoms with Crippen molar-refractivity contribution in [2.75, 3.05) is 14.7 Å². The Bertz CT molecular complexity index is 10400. The van der Waals surface area contributed by atoms with E-state index in [1.165, 1.54) is 20.2 Å². The van der Waals surface area contributed by atoms with Crippen LogP contribution in [-0.2, 0) is 0 Å². The molecule has 141 heavy (non-hydrogen) atoms. The molecule has 0 saturated heterocycles. The Kier molecular flexibility index (Phi) is 16.3. The summed E-state index contributed by atoms with van der Waals surface area (Å²) in [4.78, 5) is 6.79. The van der Waals surface area contributed by atoms with Crippen molar-refractivity contribution in [3.8, 4) is 0 Å². The number of rotatable bonds is 9. The van der Waals surface area contributed by atoms with Crippen LogP contribution in [0, 0.1) is 0 Å². The molecule has 0 N–H and O–H groups in total. The number of nitrogens with zero attached hydrogens (tertiary/aromatic N) is 3. The van der Waals surface area contributed by atoms with Gasteiger partial charge in [0.25, 0.3) is 0 Å². The van der Waals surface area contributed by atoms with E-state index >= 15 is 0 Å². The van der Waals surface area contributed by atoms with E-state index in [4.69, 9.17) is 48.6 Å². The molecule has 0 spiro atoms. The SMILES string of the molecule is c1ccc2c(c1)oc1c(N(c3cccc4c3oc3c4ccc4oc5ccccc5c43)c3cccc4c3sc3ccccc34)cccc12.c1ccc2c(c1)oc1c(N(c3cccc4c3oc3ccccc34)c3cccc4c3oc3c4ccc4oc5ccccc5c43)cccc12.c1ccc2c(c1)oc1cc(N(c3ccc4c(c3)oc3ccccc34)c3cccc4c3oc3c4ccc4oc5ccccc5c43)ccc12. The maximum absolute atomic E-state index is 7.00. The van der Waals surface area contributed by atoms with Gasteiger partial charge in [-0.05, 0) is 158 Å². The third-order valence-corrected chi connectivity index (χ3v) is 29.6. The van der Waals surface area contributed by atoms with E-state index in [2.05, 4.69) is 282 Å². The maximum Gasteiger partial charge on any atom is 0.159 e. The predicted octanol–water partition coefficient (Wildman–Crippen LogP) is 38.7. The van der Waals surface area contributed by atoms with Gasteiger partial charge in [-0.1, -0.05) is 249 Å². The summed E-state index contributed by atoms with van der Waals surface area (Å²) in [6.07, 6.45) is 0. The zero-order valence-corrected chi connectivity index (χ0v) is 75.4. The molecular weight excluding hydrogens is 1760 g/mol. The van der Waals surface area contributed by atoms with E-state index in [1.54, 1.807) is 0 Å². The van der Waals surface area contributed by atoms with Crippen molar-refractivity contribution in [1.82, 2.24) is 0 Å². The van der Waals surface area contributed by atoms with Crippen LogP contribution in [0.2, 0.25) is 0 Å². The average Bonchev–Trinajstić information content (AvgIpc) is 1.57. The maximum atomic E-state index is 7.00. The molecule has 660 valence electrons. The van der Waals surface area contributed by atoms with Gasteiger partial charge >= 0.3 is 0 Å². The highest BCUT2D eigenvalue weighted by Crippen LogP contribution is 2.56. The molecule has 0 fully saturated rings. The fraction of sp³-hybridized carbons (Fsp3) is 0. The number of para-hydroxylation sites is 14. The number of fused-ring (bicyclic) bond motifs is 39. The molecular formula is C126H69N3O11S. The Morgan fingerprint density at radius 2 is 0.362 bits per heavy atom.